The molecule has 0 aliphatic carbocycles. The zero-order valence-electron chi connectivity index (χ0n) is 12.8. The molecule has 1 saturated heterocycles. The van der Waals surface area contributed by atoms with Crippen molar-refractivity contribution in [3.63, 3.8) is 0 Å². The standard InChI is InChI=1S/C15H18F2N2O3S.ClH/c16-15(17)23-12-3-1-11(2-4-12)18-13(20)9-19-7-5-10(6-8-19)14(21)22;/h1-4,10,15H,5-9H2,(H,18,20)(H,21,22);1H. The molecule has 1 fully saturated rings. The molecule has 0 radical (unpaired) electrons. The van der Waals surface area contributed by atoms with Crippen molar-refractivity contribution >= 4 is 41.7 Å². The molecule has 1 aromatic carbocycles. The third-order valence-corrected chi connectivity index (χ3v) is 4.39. The average Bonchev–Trinajstić information content (AvgIpc) is 2.49. The normalized spacial score (nSPS) is 15.8. The van der Waals surface area contributed by atoms with E-state index in [0.717, 1.165) is 0 Å². The number of halogens is 3. The van der Waals surface area contributed by atoms with Crippen LogP contribution in [0.1, 0.15) is 12.8 Å². The van der Waals surface area contributed by atoms with Crippen molar-refractivity contribution in [2.24, 2.45) is 5.92 Å². The fourth-order valence-electron chi connectivity index (χ4n) is 2.46. The van der Waals surface area contributed by atoms with Gasteiger partial charge < -0.3 is 10.4 Å². The molecule has 5 nitrogen and oxygen atoms in total. The third-order valence-electron chi connectivity index (χ3n) is 3.67. The molecule has 1 aliphatic rings. The van der Waals surface area contributed by atoms with Gasteiger partial charge in [-0.15, -0.1) is 12.4 Å². The van der Waals surface area contributed by atoms with E-state index < -0.39 is 11.7 Å². The van der Waals surface area contributed by atoms with Crippen LogP contribution in [-0.2, 0) is 9.59 Å². The molecule has 1 amide bonds. The number of hydrogen-bond donors (Lipinski definition) is 2. The van der Waals surface area contributed by atoms with Crippen molar-refractivity contribution in [2.45, 2.75) is 23.5 Å². The molecule has 0 aromatic heterocycles. The van der Waals surface area contributed by atoms with Crippen LogP contribution in [0.25, 0.3) is 0 Å². The van der Waals surface area contributed by atoms with Crippen LogP contribution >= 0.6 is 24.2 Å². The molecule has 0 saturated carbocycles. The second kappa shape index (κ2) is 9.80. The van der Waals surface area contributed by atoms with Crippen molar-refractivity contribution in [2.75, 3.05) is 25.0 Å². The van der Waals surface area contributed by atoms with Crippen LogP contribution in [0.5, 0.6) is 0 Å². The topological polar surface area (TPSA) is 69.6 Å². The van der Waals surface area contributed by atoms with Crippen molar-refractivity contribution in [1.82, 2.24) is 4.90 Å². The predicted molar refractivity (Wildman–Crippen MR) is 91.0 cm³/mol. The summed E-state index contributed by atoms with van der Waals surface area (Å²) in [6.45, 7) is 1.35. The van der Waals surface area contributed by atoms with Gasteiger partial charge in [-0.25, -0.2) is 0 Å². The van der Waals surface area contributed by atoms with Crippen molar-refractivity contribution < 1.29 is 23.5 Å². The first kappa shape index (κ1) is 20.7. The highest BCUT2D eigenvalue weighted by Crippen LogP contribution is 2.26. The molecule has 1 heterocycles. The van der Waals surface area contributed by atoms with Crippen LogP contribution in [0.4, 0.5) is 14.5 Å². The number of nitrogens with zero attached hydrogens (tertiary/aromatic N) is 1. The first-order chi connectivity index (χ1) is 10.9. The molecule has 0 atom stereocenters. The van der Waals surface area contributed by atoms with E-state index >= 15 is 0 Å². The molecule has 24 heavy (non-hydrogen) atoms. The van der Waals surface area contributed by atoms with Gasteiger partial charge in [-0.2, -0.15) is 8.78 Å². The van der Waals surface area contributed by atoms with Gasteiger partial charge in [0, 0.05) is 10.6 Å². The second-order valence-corrected chi connectivity index (χ2v) is 6.40. The van der Waals surface area contributed by atoms with Gasteiger partial charge >= 0.3 is 5.97 Å². The summed E-state index contributed by atoms with van der Waals surface area (Å²) in [5.74, 6) is -3.78. The molecule has 2 N–H and O–H groups in total. The molecule has 0 spiro atoms. The first-order valence-corrected chi connectivity index (χ1v) is 8.12. The van der Waals surface area contributed by atoms with E-state index in [2.05, 4.69) is 5.32 Å². The Morgan fingerprint density at radius 3 is 2.33 bits per heavy atom. The van der Waals surface area contributed by atoms with Crippen LogP contribution < -0.4 is 5.32 Å². The number of piperidine rings is 1. The lowest BCUT2D eigenvalue weighted by Gasteiger charge is -2.29. The van der Waals surface area contributed by atoms with E-state index in [1.807, 2.05) is 4.90 Å². The van der Waals surface area contributed by atoms with E-state index in [-0.39, 0.29) is 30.8 Å². The summed E-state index contributed by atoms with van der Waals surface area (Å²) in [6, 6.07) is 6.23. The Kier molecular flexibility index (Phi) is 8.44. The second-order valence-electron chi connectivity index (χ2n) is 5.34. The molecule has 1 aliphatic heterocycles. The number of carbonyl (C=O) groups excluding carboxylic acids is 1. The number of rotatable bonds is 6. The number of likely N-dealkylation sites (tertiary alicyclic amines) is 1. The number of hydrogen-bond acceptors (Lipinski definition) is 4. The number of thioether (sulfide) groups is 1. The van der Waals surface area contributed by atoms with Crippen molar-refractivity contribution in [3.05, 3.63) is 24.3 Å². The summed E-state index contributed by atoms with van der Waals surface area (Å²) in [7, 11) is 0. The molecular weight excluding hydrogens is 362 g/mol. The summed E-state index contributed by atoms with van der Waals surface area (Å²) in [6.07, 6.45) is 1.09. The molecule has 2 rings (SSSR count). The van der Waals surface area contributed by atoms with Gasteiger partial charge in [-0.1, -0.05) is 11.8 Å². The number of alkyl halides is 2. The maximum Gasteiger partial charge on any atom is 0.306 e. The molecule has 134 valence electrons. The van der Waals surface area contributed by atoms with E-state index in [1.165, 1.54) is 12.1 Å². The zero-order chi connectivity index (χ0) is 16.8. The molecule has 1 aromatic rings. The highest BCUT2D eigenvalue weighted by molar-refractivity contribution is 7.99. The Morgan fingerprint density at radius 2 is 1.83 bits per heavy atom. The Morgan fingerprint density at radius 1 is 1.25 bits per heavy atom. The fraction of sp³-hybridized carbons (Fsp3) is 0.467. The number of aliphatic carboxylic acids is 1. The number of anilines is 1. The highest BCUT2D eigenvalue weighted by atomic mass is 35.5. The summed E-state index contributed by atoms with van der Waals surface area (Å²) in [5, 5.41) is 11.6. The molecule has 0 unspecified atom stereocenters. The van der Waals surface area contributed by atoms with E-state index in [0.29, 0.717) is 48.3 Å². The number of benzene rings is 1. The van der Waals surface area contributed by atoms with Crippen molar-refractivity contribution in [1.29, 1.82) is 0 Å². The van der Waals surface area contributed by atoms with Crippen LogP contribution in [0.3, 0.4) is 0 Å². The third kappa shape index (κ3) is 6.62. The van der Waals surface area contributed by atoms with E-state index in [1.54, 1.807) is 12.1 Å². The number of carboxylic acid groups (broad SMARTS) is 1. The van der Waals surface area contributed by atoms with Crippen molar-refractivity contribution in [3.8, 4) is 0 Å². The molecule has 9 heteroatoms. The van der Waals surface area contributed by atoms with Gasteiger partial charge in [0.25, 0.3) is 5.76 Å². The van der Waals surface area contributed by atoms with Gasteiger partial charge in [0.2, 0.25) is 5.91 Å². The quantitative estimate of drug-likeness (QED) is 0.742. The van der Waals surface area contributed by atoms with Crippen LogP contribution in [0.2, 0.25) is 0 Å². The predicted octanol–water partition coefficient (Wildman–Crippen LogP) is 3.16. The minimum absolute atomic E-state index is 0. The van der Waals surface area contributed by atoms with E-state index in [4.69, 9.17) is 5.11 Å². The smallest absolute Gasteiger partial charge is 0.306 e. The van der Waals surface area contributed by atoms with Crippen LogP contribution in [0.15, 0.2) is 29.2 Å². The van der Waals surface area contributed by atoms with Crippen LogP contribution in [0, 0.1) is 5.92 Å². The summed E-state index contributed by atoms with van der Waals surface area (Å²) >= 11 is 0.455. The lowest BCUT2D eigenvalue weighted by atomic mass is 9.97. The van der Waals surface area contributed by atoms with E-state index in [9.17, 15) is 18.4 Å². The van der Waals surface area contributed by atoms with Gasteiger partial charge in [0.1, 0.15) is 0 Å². The lowest BCUT2D eigenvalue weighted by molar-refractivity contribution is -0.143. The number of carbonyl (C=O) groups is 2. The Hall–Kier alpha value is -1.38. The SMILES string of the molecule is Cl.O=C(CN1CCC(C(=O)O)CC1)Nc1ccc(SC(F)F)cc1. The largest absolute Gasteiger partial charge is 0.481 e. The maximum atomic E-state index is 12.2. The number of amides is 1. The summed E-state index contributed by atoms with van der Waals surface area (Å²) in [5.41, 5.74) is 0.550. The summed E-state index contributed by atoms with van der Waals surface area (Å²) in [4.78, 5) is 25.2. The highest BCUT2D eigenvalue weighted by Gasteiger charge is 2.25. The lowest BCUT2D eigenvalue weighted by Crippen LogP contribution is -2.40. The Bertz CT molecular complexity index is 552. The summed E-state index contributed by atoms with van der Waals surface area (Å²) < 4.78 is 24.4. The number of carboxylic acids is 1. The monoisotopic (exact) mass is 380 g/mol. The van der Waals surface area contributed by atoms with Gasteiger partial charge in [0.15, 0.2) is 0 Å². The minimum atomic E-state index is -2.47. The zero-order valence-corrected chi connectivity index (χ0v) is 14.4. The van der Waals surface area contributed by atoms with Crippen LogP contribution in [-0.4, -0.2) is 47.3 Å². The Balaban J connectivity index is 0.00000288. The van der Waals surface area contributed by atoms with Gasteiger partial charge in [-0.3, -0.25) is 14.5 Å². The fourth-order valence-corrected chi connectivity index (χ4v) is 2.96. The molecule has 0 bridgehead atoms. The Labute approximate surface area is 149 Å². The first-order valence-electron chi connectivity index (χ1n) is 7.24. The minimum Gasteiger partial charge on any atom is -0.481 e. The maximum absolute atomic E-state index is 12.2. The number of nitrogens with one attached hydrogen (secondary N) is 1. The van der Waals surface area contributed by atoms with Gasteiger partial charge in [-0.05, 0) is 50.2 Å². The average molecular weight is 381 g/mol. The molecular formula is C15H19ClF2N2O3S. The van der Waals surface area contributed by atoms with Gasteiger partial charge in [0.05, 0.1) is 12.5 Å².